The first kappa shape index (κ1) is 14.3. The largest absolute Gasteiger partial charge is 0.326 e. The zero-order valence-corrected chi connectivity index (χ0v) is 13.5. The van der Waals surface area contributed by atoms with Crippen molar-refractivity contribution in [1.29, 1.82) is 0 Å². The smallest absolute Gasteiger partial charge is 0.265 e. The fraction of sp³-hybridized carbons (Fsp3) is 0.200. The van der Waals surface area contributed by atoms with Crippen LogP contribution < -0.4 is 10.6 Å². The van der Waals surface area contributed by atoms with Crippen LogP contribution in [0.15, 0.2) is 40.2 Å². The molecule has 1 fully saturated rings. The summed E-state index contributed by atoms with van der Waals surface area (Å²) in [5.74, 6) is 0.0590. The molecule has 6 heteroatoms. The second-order valence-corrected chi connectivity index (χ2v) is 7.37. The van der Waals surface area contributed by atoms with Gasteiger partial charge in [0, 0.05) is 17.3 Å². The topological polar surface area (TPSA) is 58.2 Å². The maximum atomic E-state index is 12.1. The maximum Gasteiger partial charge on any atom is 0.265 e. The predicted octanol–water partition coefficient (Wildman–Crippen LogP) is 4.11. The molecule has 0 saturated heterocycles. The quantitative estimate of drug-likeness (QED) is 0.857. The van der Waals surface area contributed by atoms with E-state index in [4.69, 9.17) is 0 Å². The molecule has 4 nitrogen and oxygen atoms in total. The molecule has 0 unspecified atom stereocenters. The van der Waals surface area contributed by atoms with Crippen LogP contribution in [-0.2, 0) is 4.79 Å². The maximum absolute atomic E-state index is 12.1. The Morgan fingerprint density at radius 1 is 1.10 bits per heavy atom. The summed E-state index contributed by atoms with van der Waals surface area (Å²) >= 11 is 4.71. The lowest BCUT2D eigenvalue weighted by atomic mass is 10.2. The van der Waals surface area contributed by atoms with Crippen LogP contribution in [0.1, 0.15) is 22.5 Å². The minimum atomic E-state index is -0.156. The second kappa shape index (κ2) is 5.99. The highest BCUT2D eigenvalue weighted by Crippen LogP contribution is 2.30. The molecule has 21 heavy (non-hydrogen) atoms. The van der Waals surface area contributed by atoms with Gasteiger partial charge in [-0.2, -0.15) is 0 Å². The number of hydrogen-bond donors (Lipinski definition) is 2. The molecular formula is C15H13BrN2O2S. The lowest BCUT2D eigenvalue weighted by molar-refractivity contribution is -0.117. The van der Waals surface area contributed by atoms with Crippen molar-refractivity contribution in [2.24, 2.45) is 5.92 Å². The van der Waals surface area contributed by atoms with Crippen molar-refractivity contribution in [3.8, 4) is 0 Å². The summed E-state index contributed by atoms with van der Waals surface area (Å²) in [5.41, 5.74) is 1.37. The van der Waals surface area contributed by atoms with Crippen LogP contribution in [0.3, 0.4) is 0 Å². The number of nitrogens with one attached hydrogen (secondary N) is 2. The first-order valence-electron chi connectivity index (χ1n) is 6.59. The van der Waals surface area contributed by atoms with Gasteiger partial charge in [-0.05, 0) is 59.1 Å². The Balaban J connectivity index is 1.67. The molecular weight excluding hydrogens is 352 g/mol. The Hall–Kier alpha value is -1.66. The molecule has 0 atom stereocenters. The van der Waals surface area contributed by atoms with E-state index >= 15 is 0 Å². The highest BCUT2D eigenvalue weighted by Gasteiger charge is 2.29. The van der Waals surface area contributed by atoms with Crippen molar-refractivity contribution in [1.82, 2.24) is 0 Å². The van der Waals surface area contributed by atoms with E-state index in [0.717, 1.165) is 16.6 Å². The molecule has 0 spiro atoms. The lowest BCUT2D eigenvalue weighted by Gasteiger charge is -2.08. The third-order valence-electron chi connectivity index (χ3n) is 3.13. The van der Waals surface area contributed by atoms with E-state index in [9.17, 15) is 9.59 Å². The summed E-state index contributed by atoms with van der Waals surface area (Å²) in [4.78, 5) is 24.4. The van der Waals surface area contributed by atoms with Crippen molar-refractivity contribution in [3.05, 3.63) is 45.1 Å². The van der Waals surface area contributed by atoms with Crippen molar-refractivity contribution in [2.75, 3.05) is 10.6 Å². The summed E-state index contributed by atoms with van der Waals surface area (Å²) in [6, 6.07) is 10.8. The van der Waals surface area contributed by atoms with Crippen molar-refractivity contribution < 1.29 is 9.59 Å². The van der Waals surface area contributed by atoms with Gasteiger partial charge < -0.3 is 10.6 Å². The summed E-state index contributed by atoms with van der Waals surface area (Å²) in [5, 5.41) is 5.70. The summed E-state index contributed by atoms with van der Waals surface area (Å²) < 4.78 is 0.915. The molecule has 1 aromatic carbocycles. The van der Waals surface area contributed by atoms with Crippen LogP contribution in [0.2, 0.25) is 0 Å². The number of amides is 2. The lowest BCUT2D eigenvalue weighted by Crippen LogP contribution is -2.14. The van der Waals surface area contributed by atoms with Gasteiger partial charge >= 0.3 is 0 Å². The molecule has 1 aromatic heterocycles. The van der Waals surface area contributed by atoms with Gasteiger partial charge in [0.25, 0.3) is 5.91 Å². The van der Waals surface area contributed by atoms with Gasteiger partial charge in [-0.25, -0.2) is 0 Å². The number of hydrogen-bond acceptors (Lipinski definition) is 3. The first-order valence-corrected chi connectivity index (χ1v) is 8.20. The molecule has 2 N–H and O–H groups in total. The molecule has 2 aromatic rings. The molecule has 1 saturated carbocycles. The third-order valence-corrected chi connectivity index (χ3v) is 4.76. The standard InChI is InChI=1S/C15H13BrN2O2S/c16-13-7-6-12(21-13)15(20)18-11-3-1-2-10(8-11)17-14(19)9-4-5-9/h1-3,6-9H,4-5H2,(H,17,19)(H,18,20). The number of halogens is 1. The Bertz CT molecular complexity index is 694. The van der Waals surface area contributed by atoms with Gasteiger partial charge in [-0.3, -0.25) is 9.59 Å². The highest BCUT2D eigenvalue weighted by atomic mass is 79.9. The van der Waals surface area contributed by atoms with E-state index in [0.29, 0.717) is 16.3 Å². The number of carbonyl (C=O) groups is 2. The van der Waals surface area contributed by atoms with Crippen molar-refractivity contribution in [3.63, 3.8) is 0 Å². The van der Waals surface area contributed by atoms with Gasteiger partial charge in [0.1, 0.15) is 0 Å². The Labute approximate surface area is 134 Å². The van der Waals surface area contributed by atoms with E-state index in [1.54, 1.807) is 18.2 Å². The van der Waals surface area contributed by atoms with Crippen LogP contribution in [-0.4, -0.2) is 11.8 Å². The highest BCUT2D eigenvalue weighted by molar-refractivity contribution is 9.11. The summed E-state index contributed by atoms with van der Waals surface area (Å²) in [6.07, 6.45) is 1.94. The van der Waals surface area contributed by atoms with Crippen molar-refractivity contribution in [2.45, 2.75) is 12.8 Å². The molecule has 1 aliphatic rings. The fourth-order valence-electron chi connectivity index (χ4n) is 1.89. The Morgan fingerprint density at radius 2 is 1.81 bits per heavy atom. The van der Waals surface area contributed by atoms with Crippen molar-refractivity contribution >= 4 is 50.5 Å². The Morgan fingerprint density at radius 3 is 2.43 bits per heavy atom. The third kappa shape index (κ3) is 3.71. The van der Waals surface area contributed by atoms with E-state index < -0.39 is 0 Å². The second-order valence-electron chi connectivity index (χ2n) is 4.90. The summed E-state index contributed by atoms with van der Waals surface area (Å²) in [7, 11) is 0. The molecule has 0 bridgehead atoms. The molecule has 1 heterocycles. The van der Waals surface area contributed by atoms with Crippen LogP contribution in [0.4, 0.5) is 11.4 Å². The number of rotatable bonds is 4. The molecule has 0 radical (unpaired) electrons. The van der Waals surface area contributed by atoms with Gasteiger partial charge in [-0.1, -0.05) is 6.07 Å². The molecule has 1 aliphatic carbocycles. The summed E-state index contributed by atoms with van der Waals surface area (Å²) in [6.45, 7) is 0. The van der Waals surface area contributed by atoms with Crippen LogP contribution >= 0.6 is 27.3 Å². The molecule has 0 aliphatic heterocycles. The number of carbonyl (C=O) groups excluding carboxylic acids is 2. The number of benzene rings is 1. The Kier molecular flexibility index (Phi) is 4.07. The van der Waals surface area contributed by atoms with E-state index in [1.165, 1.54) is 11.3 Å². The number of anilines is 2. The van der Waals surface area contributed by atoms with Crippen LogP contribution in [0, 0.1) is 5.92 Å². The molecule has 2 amide bonds. The SMILES string of the molecule is O=C(Nc1cccc(NC(=O)C2CC2)c1)c1ccc(Br)s1. The van der Waals surface area contributed by atoms with Crippen LogP contribution in [0.5, 0.6) is 0 Å². The minimum Gasteiger partial charge on any atom is -0.326 e. The normalized spacial score (nSPS) is 13.8. The van der Waals surface area contributed by atoms with E-state index in [2.05, 4.69) is 26.6 Å². The van der Waals surface area contributed by atoms with Gasteiger partial charge in [0.05, 0.1) is 8.66 Å². The average Bonchev–Trinajstić information content (AvgIpc) is 3.21. The van der Waals surface area contributed by atoms with E-state index in [1.807, 2.05) is 18.2 Å². The molecule has 3 rings (SSSR count). The zero-order valence-electron chi connectivity index (χ0n) is 11.1. The number of thiophene rings is 1. The predicted molar refractivity (Wildman–Crippen MR) is 87.8 cm³/mol. The zero-order chi connectivity index (χ0) is 14.8. The average molecular weight is 365 g/mol. The van der Waals surface area contributed by atoms with Gasteiger partial charge in [-0.15, -0.1) is 11.3 Å². The first-order chi connectivity index (χ1) is 10.1. The molecule has 108 valence electrons. The van der Waals surface area contributed by atoms with Gasteiger partial charge in [0.2, 0.25) is 5.91 Å². The van der Waals surface area contributed by atoms with Crippen LogP contribution in [0.25, 0.3) is 0 Å². The fourth-order valence-corrected chi connectivity index (χ4v) is 3.17. The van der Waals surface area contributed by atoms with Gasteiger partial charge in [0.15, 0.2) is 0 Å². The minimum absolute atomic E-state index is 0.0562. The van der Waals surface area contributed by atoms with E-state index in [-0.39, 0.29) is 17.7 Å². The monoisotopic (exact) mass is 364 g/mol.